The van der Waals surface area contributed by atoms with E-state index in [0.29, 0.717) is 12.2 Å². The molecule has 110 valence electrons. The molecule has 0 aliphatic rings. The van der Waals surface area contributed by atoms with Gasteiger partial charge >= 0.3 is 5.97 Å². The molecule has 1 aromatic rings. The molecule has 0 unspecified atom stereocenters. The van der Waals surface area contributed by atoms with E-state index in [4.69, 9.17) is 5.11 Å². The summed E-state index contributed by atoms with van der Waals surface area (Å²) < 4.78 is 0. The number of thioether (sulfide) groups is 1. The number of carbonyl (C=O) groups excluding carboxylic acids is 1. The molecule has 0 bridgehead atoms. The van der Waals surface area contributed by atoms with Crippen LogP contribution in [0.25, 0.3) is 0 Å². The zero-order chi connectivity index (χ0) is 15.2. The van der Waals surface area contributed by atoms with Gasteiger partial charge in [0.15, 0.2) is 0 Å². The number of carboxylic acid groups (broad SMARTS) is 1. The number of benzene rings is 1. The third kappa shape index (κ3) is 7.19. The lowest BCUT2D eigenvalue weighted by molar-refractivity contribution is -0.133. The molecule has 1 rings (SSSR count). The van der Waals surface area contributed by atoms with Crippen LogP contribution in [-0.2, 0) is 15.3 Å². The van der Waals surface area contributed by atoms with E-state index in [2.05, 4.69) is 5.32 Å². The molecule has 0 saturated carbocycles. The summed E-state index contributed by atoms with van der Waals surface area (Å²) in [5.41, 5.74) is 1.72. The van der Waals surface area contributed by atoms with E-state index in [1.54, 1.807) is 0 Å². The number of nitrogens with one attached hydrogen (secondary N) is 1. The van der Waals surface area contributed by atoms with Crippen LogP contribution in [0.1, 0.15) is 32.8 Å². The monoisotopic (exact) mass is 295 g/mol. The van der Waals surface area contributed by atoms with Gasteiger partial charge in [-0.15, -0.1) is 11.8 Å². The molecule has 0 aromatic heterocycles. The van der Waals surface area contributed by atoms with Crippen LogP contribution in [0.4, 0.5) is 5.69 Å². The molecule has 5 heteroatoms. The lowest BCUT2D eigenvalue weighted by atomic mass is 9.92. The minimum Gasteiger partial charge on any atom is -0.481 e. The predicted octanol–water partition coefficient (Wildman–Crippen LogP) is 3.38. The van der Waals surface area contributed by atoms with Gasteiger partial charge in [0.25, 0.3) is 0 Å². The summed E-state index contributed by atoms with van der Waals surface area (Å²) >= 11 is 1.34. The zero-order valence-corrected chi connectivity index (χ0v) is 12.9. The highest BCUT2D eigenvalue weighted by molar-refractivity contribution is 7.99. The average Bonchev–Trinajstić information content (AvgIpc) is 2.26. The minimum atomic E-state index is -0.815. The highest BCUT2D eigenvalue weighted by Crippen LogP contribution is 2.21. The first-order valence-electron chi connectivity index (χ1n) is 6.44. The van der Waals surface area contributed by atoms with Crippen LogP contribution >= 0.6 is 11.8 Å². The van der Waals surface area contributed by atoms with Crippen molar-refractivity contribution in [1.29, 1.82) is 0 Å². The molecular formula is C15H21NO3S. The van der Waals surface area contributed by atoms with Gasteiger partial charge in [-0.1, -0.05) is 32.9 Å². The summed E-state index contributed by atoms with van der Waals surface area (Å²) in [5.74, 6) is -0.118. The largest absolute Gasteiger partial charge is 0.481 e. The molecule has 0 aliphatic carbocycles. The van der Waals surface area contributed by atoms with Crippen molar-refractivity contribution in [3.8, 4) is 0 Å². The molecule has 0 atom stereocenters. The molecule has 2 N–H and O–H groups in total. The van der Waals surface area contributed by atoms with Crippen LogP contribution in [0, 0.1) is 5.41 Å². The summed E-state index contributed by atoms with van der Waals surface area (Å²) in [6, 6.07) is 7.51. The van der Waals surface area contributed by atoms with Crippen LogP contribution in [0.5, 0.6) is 0 Å². The van der Waals surface area contributed by atoms with E-state index < -0.39 is 5.97 Å². The van der Waals surface area contributed by atoms with Crippen molar-refractivity contribution in [2.45, 2.75) is 32.9 Å². The van der Waals surface area contributed by atoms with E-state index in [1.165, 1.54) is 11.8 Å². The van der Waals surface area contributed by atoms with E-state index >= 15 is 0 Å². The topological polar surface area (TPSA) is 66.4 Å². The number of amides is 1. The number of carboxylic acids is 1. The number of carbonyl (C=O) groups is 2. The molecule has 0 radical (unpaired) electrons. The van der Waals surface area contributed by atoms with Crippen molar-refractivity contribution in [3.05, 3.63) is 29.8 Å². The van der Waals surface area contributed by atoms with Crippen molar-refractivity contribution in [2.24, 2.45) is 5.41 Å². The van der Waals surface area contributed by atoms with Gasteiger partial charge in [0.05, 0.1) is 5.75 Å². The van der Waals surface area contributed by atoms with Gasteiger partial charge in [-0.25, -0.2) is 0 Å². The summed E-state index contributed by atoms with van der Waals surface area (Å²) in [6.07, 6.45) is 0.463. The van der Waals surface area contributed by atoms with Crippen LogP contribution in [0.15, 0.2) is 24.3 Å². The molecule has 0 saturated heterocycles. The smallest absolute Gasteiger partial charge is 0.313 e. The first kappa shape index (κ1) is 16.6. The van der Waals surface area contributed by atoms with Crippen LogP contribution in [-0.4, -0.2) is 22.7 Å². The van der Waals surface area contributed by atoms with Gasteiger partial charge in [-0.05, 0) is 23.1 Å². The maximum Gasteiger partial charge on any atom is 0.313 e. The normalized spacial score (nSPS) is 11.2. The Bertz CT molecular complexity index is 480. The number of aliphatic carboxylic acids is 1. The fraction of sp³-hybridized carbons (Fsp3) is 0.467. The fourth-order valence-corrected chi connectivity index (χ4v) is 2.37. The van der Waals surface area contributed by atoms with Crippen molar-refractivity contribution >= 4 is 29.3 Å². The lowest BCUT2D eigenvalue weighted by Gasteiger charge is -2.17. The molecule has 0 heterocycles. The molecule has 0 fully saturated rings. The Kier molecular flexibility index (Phi) is 6.07. The third-order valence-corrected chi connectivity index (χ3v) is 3.38. The van der Waals surface area contributed by atoms with Gasteiger partial charge in [0.2, 0.25) is 5.91 Å². The van der Waals surface area contributed by atoms with Gasteiger partial charge in [-0.3, -0.25) is 9.59 Å². The van der Waals surface area contributed by atoms with Gasteiger partial charge in [-0.2, -0.15) is 0 Å². The number of anilines is 1. The maximum absolute atomic E-state index is 11.8. The molecule has 20 heavy (non-hydrogen) atoms. The van der Waals surface area contributed by atoms with Gasteiger partial charge in [0, 0.05) is 17.9 Å². The van der Waals surface area contributed by atoms with Gasteiger partial charge in [0.1, 0.15) is 0 Å². The van der Waals surface area contributed by atoms with Crippen LogP contribution in [0.3, 0.4) is 0 Å². The third-order valence-electron chi connectivity index (χ3n) is 2.40. The van der Waals surface area contributed by atoms with E-state index in [1.807, 2.05) is 45.0 Å². The first-order chi connectivity index (χ1) is 9.26. The Balaban J connectivity index is 2.55. The van der Waals surface area contributed by atoms with Crippen molar-refractivity contribution in [2.75, 3.05) is 11.1 Å². The van der Waals surface area contributed by atoms with Crippen molar-refractivity contribution in [3.63, 3.8) is 0 Å². The second-order valence-corrected chi connectivity index (χ2v) is 6.86. The van der Waals surface area contributed by atoms with Crippen LogP contribution < -0.4 is 5.32 Å². The number of rotatable bonds is 6. The Labute approximate surface area is 124 Å². The molecule has 0 aliphatic heterocycles. The maximum atomic E-state index is 11.8. The summed E-state index contributed by atoms with van der Waals surface area (Å²) in [5, 5.41) is 11.5. The van der Waals surface area contributed by atoms with Crippen molar-refractivity contribution < 1.29 is 14.7 Å². The zero-order valence-electron chi connectivity index (χ0n) is 12.1. The van der Waals surface area contributed by atoms with E-state index in [9.17, 15) is 9.59 Å². The fourth-order valence-electron chi connectivity index (χ4n) is 1.68. The highest BCUT2D eigenvalue weighted by Gasteiger charge is 2.15. The summed E-state index contributed by atoms with van der Waals surface area (Å²) in [7, 11) is 0. The SMILES string of the molecule is CC(C)(C)CC(=O)Nc1cccc(CSCC(=O)O)c1. The quantitative estimate of drug-likeness (QED) is 0.844. The number of hydrogen-bond acceptors (Lipinski definition) is 3. The Morgan fingerprint density at radius 3 is 2.60 bits per heavy atom. The second-order valence-electron chi connectivity index (χ2n) is 5.87. The molecule has 1 amide bonds. The van der Waals surface area contributed by atoms with E-state index in [-0.39, 0.29) is 17.1 Å². The van der Waals surface area contributed by atoms with Gasteiger partial charge < -0.3 is 10.4 Å². The second kappa shape index (κ2) is 7.33. The minimum absolute atomic E-state index is 0.00663. The van der Waals surface area contributed by atoms with Crippen LogP contribution in [0.2, 0.25) is 0 Å². The molecular weight excluding hydrogens is 274 g/mol. The van der Waals surface area contributed by atoms with E-state index in [0.717, 1.165) is 11.3 Å². The Morgan fingerprint density at radius 2 is 2.00 bits per heavy atom. The number of hydrogen-bond donors (Lipinski definition) is 2. The average molecular weight is 295 g/mol. The lowest BCUT2D eigenvalue weighted by Crippen LogP contribution is -2.19. The summed E-state index contributed by atoms with van der Waals surface area (Å²) in [6.45, 7) is 6.06. The standard InChI is InChI=1S/C15H21NO3S/c1-15(2,3)8-13(17)16-12-6-4-5-11(7-12)9-20-10-14(18)19/h4-7H,8-10H2,1-3H3,(H,16,17)(H,18,19). The predicted molar refractivity (Wildman–Crippen MR) is 82.9 cm³/mol. The Hall–Kier alpha value is -1.49. The molecule has 0 spiro atoms. The first-order valence-corrected chi connectivity index (χ1v) is 7.60. The molecule has 1 aromatic carbocycles. The van der Waals surface area contributed by atoms with Crippen molar-refractivity contribution in [1.82, 2.24) is 0 Å². The summed E-state index contributed by atoms with van der Waals surface area (Å²) in [4.78, 5) is 22.3. The highest BCUT2D eigenvalue weighted by atomic mass is 32.2. The Morgan fingerprint density at radius 1 is 1.30 bits per heavy atom. The molecule has 4 nitrogen and oxygen atoms in total.